The van der Waals surface area contributed by atoms with Crippen molar-refractivity contribution >= 4 is 23.5 Å². The molecule has 2 aromatic rings. The first-order valence-corrected chi connectivity index (χ1v) is 7.74. The van der Waals surface area contributed by atoms with Crippen molar-refractivity contribution in [2.45, 2.75) is 25.4 Å². The molecule has 1 atom stereocenters. The molecule has 0 spiro atoms. The van der Waals surface area contributed by atoms with Crippen molar-refractivity contribution < 1.29 is 9.59 Å². The van der Waals surface area contributed by atoms with Gasteiger partial charge in [-0.25, -0.2) is 9.78 Å². The fourth-order valence-corrected chi connectivity index (χ4v) is 2.92. The number of halogens is 1. The molecule has 0 saturated carbocycles. The summed E-state index contributed by atoms with van der Waals surface area (Å²) in [5.41, 5.74) is -0.391. The quantitative estimate of drug-likeness (QED) is 0.855. The molecule has 1 aliphatic rings. The number of rotatable bonds is 5. The number of hydrogen-bond acceptors (Lipinski definition) is 3. The summed E-state index contributed by atoms with van der Waals surface area (Å²) in [7, 11) is 0. The number of imide groups is 1. The second-order valence-corrected chi connectivity index (χ2v) is 6.11. The van der Waals surface area contributed by atoms with E-state index in [1.165, 1.54) is 4.90 Å². The highest BCUT2D eigenvalue weighted by molar-refractivity contribution is 6.30. The number of aryl methyl sites for hydroxylation is 1. The highest BCUT2D eigenvalue weighted by Gasteiger charge is 2.48. The monoisotopic (exact) mass is 332 g/mol. The molecular formula is C16H17ClN4O2. The maximum absolute atomic E-state index is 12.7. The third kappa shape index (κ3) is 2.94. The van der Waals surface area contributed by atoms with Gasteiger partial charge in [-0.1, -0.05) is 23.7 Å². The van der Waals surface area contributed by atoms with Gasteiger partial charge >= 0.3 is 6.03 Å². The van der Waals surface area contributed by atoms with Crippen molar-refractivity contribution in [3.63, 3.8) is 0 Å². The van der Waals surface area contributed by atoms with Crippen molar-refractivity contribution in [1.29, 1.82) is 0 Å². The molecular weight excluding hydrogens is 316 g/mol. The summed E-state index contributed by atoms with van der Waals surface area (Å²) < 4.78 is 1.91. The summed E-state index contributed by atoms with van der Waals surface area (Å²) in [4.78, 5) is 30.1. The number of carbonyl (C=O) groups is 2. The van der Waals surface area contributed by atoms with Crippen LogP contribution in [0.2, 0.25) is 5.02 Å². The number of imidazole rings is 1. The Bertz CT molecular complexity index is 731. The highest BCUT2D eigenvalue weighted by atomic mass is 35.5. The molecule has 1 aromatic heterocycles. The summed E-state index contributed by atoms with van der Waals surface area (Å²) >= 11 is 6.00. The first kappa shape index (κ1) is 15.6. The van der Waals surface area contributed by atoms with E-state index in [1.54, 1.807) is 43.7 Å². The zero-order chi connectivity index (χ0) is 16.4. The molecule has 0 radical (unpaired) electrons. The minimum Gasteiger partial charge on any atom is -0.337 e. The Kier molecular flexibility index (Phi) is 4.09. The number of nitrogens with zero attached hydrogens (tertiary/aromatic N) is 3. The summed E-state index contributed by atoms with van der Waals surface area (Å²) in [5.74, 6) is -0.254. The Morgan fingerprint density at radius 3 is 2.83 bits per heavy atom. The fourth-order valence-electron chi connectivity index (χ4n) is 2.73. The van der Waals surface area contributed by atoms with Crippen LogP contribution in [0.1, 0.15) is 18.9 Å². The van der Waals surface area contributed by atoms with Gasteiger partial charge in [-0.2, -0.15) is 0 Å². The topological polar surface area (TPSA) is 67.2 Å². The van der Waals surface area contributed by atoms with Crippen LogP contribution in [0, 0.1) is 0 Å². The number of benzene rings is 1. The normalized spacial score (nSPS) is 20.9. The predicted octanol–water partition coefficient (Wildman–Crippen LogP) is 2.39. The van der Waals surface area contributed by atoms with Crippen LogP contribution in [0.15, 0.2) is 43.0 Å². The Morgan fingerprint density at radius 1 is 1.30 bits per heavy atom. The molecule has 120 valence electrons. The number of carbonyl (C=O) groups excluding carboxylic acids is 2. The van der Waals surface area contributed by atoms with Gasteiger partial charge < -0.3 is 9.88 Å². The average molecular weight is 333 g/mol. The molecule has 1 N–H and O–H groups in total. The average Bonchev–Trinajstić information content (AvgIpc) is 3.10. The zero-order valence-corrected chi connectivity index (χ0v) is 13.5. The lowest BCUT2D eigenvalue weighted by molar-refractivity contribution is -0.131. The molecule has 23 heavy (non-hydrogen) atoms. The number of aromatic nitrogens is 2. The predicted molar refractivity (Wildman–Crippen MR) is 85.9 cm³/mol. The summed E-state index contributed by atoms with van der Waals surface area (Å²) in [6.07, 6.45) is 5.93. The van der Waals surface area contributed by atoms with Crippen LogP contribution in [0.25, 0.3) is 0 Å². The van der Waals surface area contributed by atoms with Gasteiger partial charge in [0.25, 0.3) is 5.91 Å². The summed E-state index contributed by atoms with van der Waals surface area (Å²) in [6, 6.07) is 6.62. The van der Waals surface area contributed by atoms with E-state index in [4.69, 9.17) is 11.6 Å². The van der Waals surface area contributed by atoms with Crippen molar-refractivity contribution in [3.8, 4) is 0 Å². The molecule has 3 amide bonds. The van der Waals surface area contributed by atoms with Gasteiger partial charge in [0.2, 0.25) is 0 Å². The molecule has 1 aromatic carbocycles. The first-order chi connectivity index (χ1) is 11.0. The Balaban J connectivity index is 1.71. The molecule has 7 heteroatoms. The van der Waals surface area contributed by atoms with E-state index in [1.807, 2.05) is 10.8 Å². The first-order valence-electron chi connectivity index (χ1n) is 7.36. The van der Waals surface area contributed by atoms with Gasteiger partial charge in [-0.05, 0) is 31.0 Å². The van der Waals surface area contributed by atoms with E-state index in [-0.39, 0.29) is 11.9 Å². The maximum Gasteiger partial charge on any atom is 0.325 e. The van der Waals surface area contributed by atoms with E-state index < -0.39 is 5.54 Å². The van der Waals surface area contributed by atoms with Gasteiger partial charge in [0.15, 0.2) is 0 Å². The summed E-state index contributed by atoms with van der Waals surface area (Å²) in [5, 5.41) is 3.31. The zero-order valence-electron chi connectivity index (χ0n) is 12.7. The van der Waals surface area contributed by atoms with Crippen LogP contribution in [-0.2, 0) is 16.9 Å². The largest absolute Gasteiger partial charge is 0.337 e. The van der Waals surface area contributed by atoms with Gasteiger partial charge in [0.1, 0.15) is 5.54 Å². The molecule has 3 rings (SSSR count). The van der Waals surface area contributed by atoms with E-state index in [0.717, 1.165) is 0 Å². The Labute approximate surface area is 139 Å². The molecule has 1 aliphatic heterocycles. The van der Waals surface area contributed by atoms with Crippen LogP contribution >= 0.6 is 11.6 Å². The minimum absolute atomic E-state index is 0.254. The van der Waals surface area contributed by atoms with Crippen molar-refractivity contribution in [3.05, 3.63) is 53.6 Å². The number of urea groups is 1. The van der Waals surface area contributed by atoms with Crippen molar-refractivity contribution in [2.75, 3.05) is 6.54 Å². The molecule has 0 aliphatic carbocycles. The second kappa shape index (κ2) is 6.04. The van der Waals surface area contributed by atoms with Gasteiger partial charge in [-0.15, -0.1) is 0 Å². The van der Waals surface area contributed by atoms with Crippen molar-refractivity contribution in [2.24, 2.45) is 0 Å². The molecule has 0 bridgehead atoms. The minimum atomic E-state index is -1.07. The second-order valence-electron chi connectivity index (χ2n) is 5.68. The van der Waals surface area contributed by atoms with Crippen LogP contribution in [0.5, 0.6) is 0 Å². The summed E-state index contributed by atoms with van der Waals surface area (Å²) in [6.45, 7) is 2.76. The standard InChI is InChI=1S/C16H17ClN4O2/c1-16(12-4-2-5-13(17)10-12)14(22)21(15(23)19-16)8-3-7-20-9-6-18-11-20/h2,4-6,9-11H,3,7-8H2,1H3,(H,19,23)/t16-/m1/s1. The molecule has 1 fully saturated rings. The van der Waals surface area contributed by atoms with Gasteiger partial charge in [0, 0.05) is 30.5 Å². The van der Waals surface area contributed by atoms with Gasteiger partial charge in [0.05, 0.1) is 6.33 Å². The van der Waals surface area contributed by atoms with Crippen LogP contribution in [-0.4, -0.2) is 32.9 Å². The fraction of sp³-hybridized carbons (Fsp3) is 0.312. The third-order valence-electron chi connectivity index (χ3n) is 4.03. The Hall–Kier alpha value is -2.34. The highest BCUT2D eigenvalue weighted by Crippen LogP contribution is 2.30. The SMILES string of the molecule is C[C@]1(c2cccc(Cl)c2)NC(=O)N(CCCn2ccnc2)C1=O. The lowest BCUT2D eigenvalue weighted by Crippen LogP contribution is -2.41. The van der Waals surface area contributed by atoms with Crippen molar-refractivity contribution in [1.82, 2.24) is 19.8 Å². The molecule has 6 nitrogen and oxygen atoms in total. The Morgan fingerprint density at radius 2 is 2.13 bits per heavy atom. The molecule has 2 heterocycles. The number of hydrogen-bond donors (Lipinski definition) is 1. The van der Waals surface area contributed by atoms with Crippen LogP contribution < -0.4 is 5.32 Å². The number of amides is 3. The third-order valence-corrected chi connectivity index (χ3v) is 4.27. The lowest BCUT2D eigenvalue weighted by Gasteiger charge is -2.22. The van der Waals surface area contributed by atoms with Crippen LogP contribution in [0.4, 0.5) is 4.79 Å². The van der Waals surface area contributed by atoms with E-state index in [2.05, 4.69) is 10.3 Å². The lowest BCUT2D eigenvalue weighted by atomic mass is 9.92. The van der Waals surface area contributed by atoms with E-state index in [0.29, 0.717) is 30.1 Å². The van der Waals surface area contributed by atoms with Crippen LogP contribution in [0.3, 0.4) is 0 Å². The smallest absolute Gasteiger partial charge is 0.325 e. The maximum atomic E-state index is 12.7. The molecule has 0 unspecified atom stereocenters. The van der Waals surface area contributed by atoms with E-state index in [9.17, 15) is 9.59 Å². The number of nitrogens with one attached hydrogen (secondary N) is 1. The molecule has 1 saturated heterocycles. The van der Waals surface area contributed by atoms with E-state index >= 15 is 0 Å². The van der Waals surface area contributed by atoms with Gasteiger partial charge in [-0.3, -0.25) is 9.69 Å².